The van der Waals surface area contributed by atoms with Crippen molar-refractivity contribution in [3.05, 3.63) is 29.8 Å². The minimum absolute atomic E-state index is 0.0201. The van der Waals surface area contributed by atoms with Gasteiger partial charge in [-0.15, -0.1) is 0 Å². The van der Waals surface area contributed by atoms with Gasteiger partial charge in [0.2, 0.25) is 5.91 Å². The molecule has 0 heterocycles. The van der Waals surface area contributed by atoms with Crippen LogP contribution in [-0.4, -0.2) is 51.2 Å². The Bertz CT molecular complexity index is 483. The Morgan fingerprint density at radius 3 is 2.11 bits per heavy atom. The molecule has 0 unspecified atom stereocenters. The Morgan fingerprint density at radius 1 is 1.05 bits per heavy atom. The summed E-state index contributed by atoms with van der Waals surface area (Å²) in [5.74, 6) is -3.22. The molecule has 0 fully saturated rings. The van der Waals surface area contributed by atoms with Gasteiger partial charge in [-0.3, -0.25) is 14.4 Å². The number of hydrogen-bond donors (Lipinski definition) is 3. The molecule has 7 heteroatoms. The average molecular weight is 267 g/mol. The molecular formula is C12H13NO6. The fourth-order valence-electron chi connectivity index (χ4n) is 1.51. The first-order chi connectivity index (χ1) is 8.88. The van der Waals surface area contributed by atoms with Crippen molar-refractivity contribution >= 4 is 17.8 Å². The molecule has 1 rings (SSSR count). The third-order valence-corrected chi connectivity index (χ3v) is 2.27. The first-order valence-corrected chi connectivity index (χ1v) is 5.37. The fraction of sp³-hybridized carbons (Fsp3) is 0.250. The number of phenols is 1. The number of aliphatic carboxylic acids is 2. The molecule has 0 saturated carbocycles. The Labute approximate surface area is 108 Å². The summed E-state index contributed by atoms with van der Waals surface area (Å²) in [5.41, 5.74) is 0.478. The lowest BCUT2D eigenvalue weighted by molar-refractivity contribution is -0.149. The van der Waals surface area contributed by atoms with Crippen LogP contribution in [0.3, 0.4) is 0 Å². The van der Waals surface area contributed by atoms with Crippen LogP contribution >= 0.6 is 0 Å². The zero-order chi connectivity index (χ0) is 14.4. The van der Waals surface area contributed by atoms with Crippen molar-refractivity contribution in [2.24, 2.45) is 0 Å². The lowest BCUT2D eigenvalue weighted by atomic mass is 10.1. The maximum Gasteiger partial charge on any atom is 0.323 e. The number of carboxylic acids is 2. The van der Waals surface area contributed by atoms with E-state index >= 15 is 0 Å². The van der Waals surface area contributed by atoms with Crippen LogP contribution in [-0.2, 0) is 20.8 Å². The van der Waals surface area contributed by atoms with Crippen molar-refractivity contribution in [2.45, 2.75) is 6.42 Å². The predicted octanol–water partition coefficient (Wildman–Crippen LogP) is -0.0675. The van der Waals surface area contributed by atoms with Gasteiger partial charge in [-0.1, -0.05) is 12.1 Å². The van der Waals surface area contributed by atoms with Crippen molar-refractivity contribution in [3.8, 4) is 5.75 Å². The standard InChI is InChI=1S/C12H13NO6/c14-9-3-1-2-8(4-9)5-10(15)13(6-11(16)17)7-12(18)19/h1-4,14H,5-7H2,(H,16,17)(H,18,19). The molecule has 0 radical (unpaired) electrons. The van der Waals surface area contributed by atoms with Gasteiger partial charge >= 0.3 is 11.9 Å². The van der Waals surface area contributed by atoms with E-state index < -0.39 is 30.9 Å². The van der Waals surface area contributed by atoms with E-state index in [1.54, 1.807) is 6.07 Å². The number of rotatable bonds is 6. The number of amides is 1. The van der Waals surface area contributed by atoms with E-state index in [-0.39, 0.29) is 12.2 Å². The number of nitrogens with zero attached hydrogens (tertiary/aromatic N) is 1. The summed E-state index contributed by atoms with van der Waals surface area (Å²) in [6.45, 7) is -1.35. The van der Waals surface area contributed by atoms with Crippen molar-refractivity contribution in [3.63, 3.8) is 0 Å². The van der Waals surface area contributed by atoms with Crippen molar-refractivity contribution in [1.29, 1.82) is 0 Å². The van der Waals surface area contributed by atoms with Crippen LogP contribution in [0.5, 0.6) is 5.75 Å². The van der Waals surface area contributed by atoms with Gasteiger partial charge in [-0.25, -0.2) is 0 Å². The van der Waals surface area contributed by atoms with Crippen LogP contribution in [0.25, 0.3) is 0 Å². The molecule has 7 nitrogen and oxygen atoms in total. The molecule has 19 heavy (non-hydrogen) atoms. The third kappa shape index (κ3) is 5.07. The van der Waals surface area contributed by atoms with Gasteiger partial charge in [0.05, 0.1) is 6.42 Å². The highest BCUT2D eigenvalue weighted by atomic mass is 16.4. The molecule has 0 aliphatic carbocycles. The number of benzene rings is 1. The molecule has 0 aliphatic rings. The third-order valence-electron chi connectivity index (χ3n) is 2.27. The summed E-state index contributed by atoms with van der Waals surface area (Å²) in [4.78, 5) is 33.7. The molecule has 1 aromatic rings. The molecule has 3 N–H and O–H groups in total. The van der Waals surface area contributed by atoms with Gasteiger partial charge in [0, 0.05) is 0 Å². The van der Waals surface area contributed by atoms with E-state index in [1.807, 2.05) is 0 Å². The van der Waals surface area contributed by atoms with E-state index in [0.717, 1.165) is 4.90 Å². The highest BCUT2D eigenvalue weighted by Crippen LogP contribution is 2.12. The molecule has 0 aromatic heterocycles. The van der Waals surface area contributed by atoms with Crippen LogP contribution in [0.15, 0.2) is 24.3 Å². The van der Waals surface area contributed by atoms with E-state index in [9.17, 15) is 19.5 Å². The largest absolute Gasteiger partial charge is 0.508 e. The molecule has 0 saturated heterocycles. The number of carboxylic acid groups (broad SMARTS) is 2. The SMILES string of the molecule is O=C(O)CN(CC(=O)O)C(=O)Cc1cccc(O)c1. The highest BCUT2D eigenvalue weighted by molar-refractivity contribution is 5.86. The van der Waals surface area contributed by atoms with Gasteiger partial charge in [-0.2, -0.15) is 0 Å². The Hall–Kier alpha value is -2.57. The van der Waals surface area contributed by atoms with E-state index in [0.29, 0.717) is 5.56 Å². The molecule has 1 aromatic carbocycles. The average Bonchev–Trinajstić information content (AvgIpc) is 2.26. The van der Waals surface area contributed by atoms with Gasteiger partial charge in [-0.05, 0) is 17.7 Å². The smallest absolute Gasteiger partial charge is 0.323 e. The van der Waals surface area contributed by atoms with Crippen molar-refractivity contribution < 1.29 is 29.7 Å². The highest BCUT2D eigenvalue weighted by Gasteiger charge is 2.19. The van der Waals surface area contributed by atoms with E-state index in [1.165, 1.54) is 18.2 Å². The zero-order valence-corrected chi connectivity index (χ0v) is 9.94. The Balaban J connectivity index is 2.76. The number of carbonyl (C=O) groups is 3. The monoisotopic (exact) mass is 267 g/mol. The second-order valence-corrected chi connectivity index (χ2v) is 3.88. The van der Waals surface area contributed by atoms with Crippen molar-refractivity contribution in [2.75, 3.05) is 13.1 Å². The maximum absolute atomic E-state index is 11.8. The molecule has 102 valence electrons. The number of hydrogen-bond acceptors (Lipinski definition) is 4. The summed E-state index contributed by atoms with van der Waals surface area (Å²) in [6, 6.07) is 5.91. The molecule has 0 atom stereocenters. The summed E-state index contributed by atoms with van der Waals surface area (Å²) in [6.07, 6.45) is -0.172. The zero-order valence-electron chi connectivity index (χ0n) is 9.94. The molecular weight excluding hydrogens is 254 g/mol. The molecule has 0 aliphatic heterocycles. The van der Waals surface area contributed by atoms with Crippen LogP contribution in [0.4, 0.5) is 0 Å². The second kappa shape index (κ2) is 6.39. The second-order valence-electron chi connectivity index (χ2n) is 3.88. The lowest BCUT2D eigenvalue weighted by Gasteiger charge is -2.18. The normalized spacial score (nSPS) is 9.89. The first-order valence-electron chi connectivity index (χ1n) is 5.37. The quantitative estimate of drug-likeness (QED) is 0.664. The van der Waals surface area contributed by atoms with Gasteiger partial charge in [0.25, 0.3) is 0 Å². The Kier molecular flexibility index (Phi) is 4.87. The summed E-state index contributed by atoms with van der Waals surface area (Å²) < 4.78 is 0. The summed E-state index contributed by atoms with van der Waals surface area (Å²) >= 11 is 0. The number of aromatic hydroxyl groups is 1. The molecule has 0 spiro atoms. The number of carbonyl (C=O) groups excluding carboxylic acids is 1. The van der Waals surface area contributed by atoms with Gasteiger partial charge in [0.15, 0.2) is 0 Å². The predicted molar refractivity (Wildman–Crippen MR) is 63.7 cm³/mol. The summed E-state index contributed by atoms with van der Waals surface area (Å²) in [5, 5.41) is 26.5. The van der Waals surface area contributed by atoms with Crippen LogP contribution in [0, 0.1) is 0 Å². The number of phenolic OH excluding ortho intramolecular Hbond substituents is 1. The fourth-order valence-corrected chi connectivity index (χ4v) is 1.51. The Morgan fingerprint density at radius 2 is 1.63 bits per heavy atom. The minimum atomic E-state index is -1.29. The van der Waals surface area contributed by atoms with Crippen LogP contribution in [0.1, 0.15) is 5.56 Å². The van der Waals surface area contributed by atoms with Crippen molar-refractivity contribution in [1.82, 2.24) is 4.90 Å². The lowest BCUT2D eigenvalue weighted by Crippen LogP contribution is -2.40. The topological polar surface area (TPSA) is 115 Å². The van der Waals surface area contributed by atoms with E-state index in [2.05, 4.69) is 0 Å². The van der Waals surface area contributed by atoms with E-state index in [4.69, 9.17) is 10.2 Å². The van der Waals surface area contributed by atoms with Gasteiger partial charge in [0.1, 0.15) is 18.8 Å². The molecule has 0 bridgehead atoms. The minimum Gasteiger partial charge on any atom is -0.508 e. The molecule has 1 amide bonds. The van der Waals surface area contributed by atoms with Gasteiger partial charge < -0.3 is 20.2 Å². The first kappa shape index (κ1) is 14.5. The maximum atomic E-state index is 11.8. The van der Waals surface area contributed by atoms with Crippen LogP contribution < -0.4 is 0 Å². The summed E-state index contributed by atoms with van der Waals surface area (Å²) in [7, 11) is 0. The van der Waals surface area contributed by atoms with Crippen LogP contribution in [0.2, 0.25) is 0 Å².